The summed E-state index contributed by atoms with van der Waals surface area (Å²) in [6.45, 7) is 5.72. The second-order valence-electron chi connectivity index (χ2n) is 6.26. The molecule has 24 heavy (non-hydrogen) atoms. The first-order valence-corrected chi connectivity index (χ1v) is 9.54. The summed E-state index contributed by atoms with van der Waals surface area (Å²) in [6, 6.07) is 5.55. The van der Waals surface area contributed by atoms with Crippen LogP contribution in [-0.4, -0.2) is 42.9 Å². The number of amides is 1. The lowest BCUT2D eigenvalue weighted by molar-refractivity contribution is 0.0792. The van der Waals surface area contributed by atoms with Crippen LogP contribution in [0.4, 0.5) is 0 Å². The van der Waals surface area contributed by atoms with Crippen molar-refractivity contribution in [3.8, 4) is 0 Å². The fourth-order valence-electron chi connectivity index (χ4n) is 2.69. The molecule has 0 saturated carbocycles. The van der Waals surface area contributed by atoms with Crippen molar-refractivity contribution in [1.82, 2.24) is 19.7 Å². The normalized spacial score (nSPS) is 15.9. The van der Waals surface area contributed by atoms with Gasteiger partial charge in [-0.05, 0) is 44.9 Å². The first-order chi connectivity index (χ1) is 11.5. The standard InChI is InChI=1S/C17H22N4O2S/c1-13(2)21-10-7-15(19-21)12-24(23)16-6-5-14(11-18-16)17(22)20-8-3-4-9-20/h5-7,10-11,13H,3-4,8-9,12H2,1-2H3/t24-/m1/s1. The average molecular weight is 346 g/mol. The number of hydrogen-bond acceptors (Lipinski definition) is 4. The van der Waals surface area contributed by atoms with Gasteiger partial charge in [-0.1, -0.05) is 0 Å². The molecule has 1 amide bonds. The van der Waals surface area contributed by atoms with Gasteiger partial charge in [0.05, 0.1) is 27.8 Å². The van der Waals surface area contributed by atoms with Crippen LogP contribution in [-0.2, 0) is 16.6 Å². The van der Waals surface area contributed by atoms with Crippen LogP contribution >= 0.6 is 0 Å². The highest BCUT2D eigenvalue weighted by Crippen LogP contribution is 2.15. The van der Waals surface area contributed by atoms with Gasteiger partial charge in [-0.2, -0.15) is 5.10 Å². The Hall–Kier alpha value is -2.02. The molecule has 0 radical (unpaired) electrons. The Morgan fingerprint density at radius 2 is 2.00 bits per heavy atom. The number of carbonyl (C=O) groups is 1. The second-order valence-corrected chi connectivity index (χ2v) is 7.65. The van der Waals surface area contributed by atoms with Crippen molar-refractivity contribution in [3.63, 3.8) is 0 Å². The maximum absolute atomic E-state index is 12.4. The Balaban J connectivity index is 1.65. The highest BCUT2D eigenvalue weighted by molar-refractivity contribution is 7.84. The summed E-state index contributed by atoms with van der Waals surface area (Å²) in [5.74, 6) is 0.333. The fraction of sp³-hybridized carbons (Fsp3) is 0.471. The zero-order chi connectivity index (χ0) is 17.1. The molecule has 2 aromatic rings. The molecule has 1 saturated heterocycles. The van der Waals surface area contributed by atoms with E-state index >= 15 is 0 Å². The summed E-state index contributed by atoms with van der Waals surface area (Å²) >= 11 is 0. The lowest BCUT2D eigenvalue weighted by Gasteiger charge is -2.14. The zero-order valence-corrected chi connectivity index (χ0v) is 14.8. The summed E-state index contributed by atoms with van der Waals surface area (Å²) in [4.78, 5) is 18.3. The quantitative estimate of drug-likeness (QED) is 0.834. The third kappa shape index (κ3) is 3.72. The van der Waals surface area contributed by atoms with E-state index < -0.39 is 10.8 Å². The van der Waals surface area contributed by atoms with Crippen LogP contribution in [0.2, 0.25) is 0 Å². The van der Waals surface area contributed by atoms with Gasteiger partial charge in [0.1, 0.15) is 5.03 Å². The van der Waals surface area contributed by atoms with Crippen molar-refractivity contribution >= 4 is 16.7 Å². The third-order valence-corrected chi connectivity index (χ3v) is 5.35. The van der Waals surface area contributed by atoms with E-state index in [2.05, 4.69) is 10.1 Å². The molecule has 2 aromatic heterocycles. The Bertz CT molecular complexity index is 733. The van der Waals surface area contributed by atoms with Gasteiger partial charge in [0.2, 0.25) is 0 Å². The van der Waals surface area contributed by atoms with Gasteiger partial charge in [0.25, 0.3) is 5.91 Å². The SMILES string of the molecule is CC(C)n1ccc(C[S@@](=O)c2ccc(C(=O)N3CCCC3)cn2)n1. The van der Waals surface area contributed by atoms with E-state index in [0.717, 1.165) is 31.6 Å². The molecule has 0 bridgehead atoms. The minimum atomic E-state index is -1.27. The summed E-state index contributed by atoms with van der Waals surface area (Å²) in [5.41, 5.74) is 1.34. The van der Waals surface area contributed by atoms with Gasteiger partial charge >= 0.3 is 0 Å². The molecular formula is C17H22N4O2S. The molecule has 0 aliphatic carbocycles. The van der Waals surface area contributed by atoms with Crippen LogP contribution in [0, 0.1) is 0 Å². The van der Waals surface area contributed by atoms with Gasteiger partial charge in [0, 0.05) is 31.5 Å². The molecule has 3 rings (SSSR count). The number of nitrogens with zero attached hydrogens (tertiary/aromatic N) is 4. The minimum absolute atomic E-state index is 0.00742. The molecule has 1 fully saturated rings. The van der Waals surface area contributed by atoms with Gasteiger partial charge in [0.15, 0.2) is 0 Å². The van der Waals surface area contributed by atoms with Crippen LogP contribution in [0.3, 0.4) is 0 Å². The van der Waals surface area contributed by atoms with Crippen LogP contribution in [0.15, 0.2) is 35.6 Å². The molecule has 7 heteroatoms. The van der Waals surface area contributed by atoms with E-state index in [1.54, 1.807) is 12.1 Å². The predicted molar refractivity (Wildman–Crippen MR) is 92.1 cm³/mol. The van der Waals surface area contributed by atoms with Crippen molar-refractivity contribution in [3.05, 3.63) is 41.9 Å². The van der Waals surface area contributed by atoms with Crippen LogP contribution in [0.5, 0.6) is 0 Å². The molecule has 6 nitrogen and oxygen atoms in total. The van der Waals surface area contributed by atoms with E-state index in [-0.39, 0.29) is 11.9 Å². The smallest absolute Gasteiger partial charge is 0.255 e. The van der Waals surface area contributed by atoms with Gasteiger partial charge in [-0.15, -0.1) is 0 Å². The molecule has 0 aromatic carbocycles. The largest absolute Gasteiger partial charge is 0.339 e. The Kier molecular flexibility index (Phi) is 5.08. The van der Waals surface area contributed by atoms with Crippen LogP contribution < -0.4 is 0 Å². The van der Waals surface area contributed by atoms with Gasteiger partial charge in [-0.3, -0.25) is 13.7 Å². The third-order valence-electron chi connectivity index (χ3n) is 4.08. The van der Waals surface area contributed by atoms with Crippen molar-refractivity contribution in [1.29, 1.82) is 0 Å². The Morgan fingerprint density at radius 1 is 1.25 bits per heavy atom. The first-order valence-electron chi connectivity index (χ1n) is 8.22. The second kappa shape index (κ2) is 7.25. The Labute approximate surface area is 144 Å². The number of hydrogen-bond donors (Lipinski definition) is 0. The zero-order valence-electron chi connectivity index (χ0n) is 14.0. The molecule has 1 aliphatic heterocycles. The predicted octanol–water partition coefficient (Wildman–Crippen LogP) is 2.40. The molecular weight excluding hydrogens is 324 g/mol. The van der Waals surface area contributed by atoms with E-state index in [0.29, 0.717) is 16.3 Å². The van der Waals surface area contributed by atoms with E-state index in [1.165, 1.54) is 6.20 Å². The van der Waals surface area contributed by atoms with Gasteiger partial charge < -0.3 is 4.90 Å². The maximum atomic E-state index is 12.4. The molecule has 128 valence electrons. The number of pyridine rings is 1. The monoisotopic (exact) mass is 346 g/mol. The van der Waals surface area contributed by atoms with Crippen LogP contribution in [0.1, 0.15) is 48.8 Å². The van der Waals surface area contributed by atoms with E-state index in [9.17, 15) is 9.00 Å². The average Bonchev–Trinajstić information content (AvgIpc) is 3.26. The van der Waals surface area contributed by atoms with Crippen molar-refractivity contribution < 1.29 is 9.00 Å². The molecule has 3 heterocycles. The summed E-state index contributed by atoms with van der Waals surface area (Å²) < 4.78 is 14.3. The molecule has 0 N–H and O–H groups in total. The van der Waals surface area contributed by atoms with Crippen LogP contribution in [0.25, 0.3) is 0 Å². The highest BCUT2D eigenvalue weighted by atomic mass is 32.2. The number of likely N-dealkylation sites (tertiary alicyclic amines) is 1. The first kappa shape index (κ1) is 16.8. The lowest BCUT2D eigenvalue weighted by Crippen LogP contribution is -2.27. The molecule has 1 aliphatic rings. The number of carbonyl (C=O) groups excluding carboxylic acids is 1. The summed E-state index contributed by atoms with van der Waals surface area (Å²) in [7, 11) is -1.27. The van der Waals surface area contributed by atoms with Gasteiger partial charge in [-0.25, -0.2) is 4.98 Å². The fourth-order valence-corrected chi connectivity index (χ4v) is 3.66. The maximum Gasteiger partial charge on any atom is 0.255 e. The molecule has 1 atom stereocenters. The number of rotatable bonds is 5. The van der Waals surface area contributed by atoms with Crippen molar-refractivity contribution in [2.75, 3.05) is 13.1 Å². The number of aromatic nitrogens is 3. The minimum Gasteiger partial charge on any atom is -0.339 e. The Morgan fingerprint density at radius 3 is 2.58 bits per heavy atom. The lowest BCUT2D eigenvalue weighted by atomic mass is 10.2. The van der Waals surface area contributed by atoms with E-state index in [4.69, 9.17) is 0 Å². The summed E-state index contributed by atoms with van der Waals surface area (Å²) in [6.07, 6.45) is 5.54. The topological polar surface area (TPSA) is 68.1 Å². The van der Waals surface area contributed by atoms with Crippen molar-refractivity contribution in [2.24, 2.45) is 0 Å². The molecule has 0 unspecified atom stereocenters. The van der Waals surface area contributed by atoms with E-state index in [1.807, 2.05) is 35.7 Å². The summed E-state index contributed by atoms with van der Waals surface area (Å²) in [5, 5.41) is 4.89. The highest BCUT2D eigenvalue weighted by Gasteiger charge is 2.20. The van der Waals surface area contributed by atoms with Crippen molar-refractivity contribution in [2.45, 2.75) is 43.5 Å². The molecule has 0 spiro atoms.